The van der Waals surface area contributed by atoms with E-state index in [1.54, 1.807) is 0 Å². The van der Waals surface area contributed by atoms with Crippen LogP contribution in [0.2, 0.25) is 0 Å². The third-order valence-electron chi connectivity index (χ3n) is 4.35. The first-order chi connectivity index (χ1) is 7.64. The Kier molecular flexibility index (Phi) is 2.72. The van der Waals surface area contributed by atoms with E-state index in [9.17, 15) is 8.42 Å². The Balaban J connectivity index is 1.65. The summed E-state index contributed by atoms with van der Waals surface area (Å²) >= 11 is 0. The van der Waals surface area contributed by atoms with Crippen LogP contribution >= 0.6 is 0 Å². The van der Waals surface area contributed by atoms with E-state index < -0.39 is 9.84 Å². The molecule has 0 aromatic carbocycles. The first-order valence-corrected chi connectivity index (χ1v) is 8.14. The predicted molar refractivity (Wildman–Crippen MR) is 63.1 cm³/mol. The summed E-state index contributed by atoms with van der Waals surface area (Å²) in [6, 6.07) is 0.925. The molecule has 3 rings (SSSR count). The summed E-state index contributed by atoms with van der Waals surface area (Å²) in [4.78, 5) is 2.41. The van der Waals surface area contributed by atoms with Crippen LogP contribution in [-0.2, 0) is 9.84 Å². The number of sulfone groups is 1. The van der Waals surface area contributed by atoms with E-state index in [0.29, 0.717) is 23.6 Å². The molecule has 0 aliphatic carbocycles. The van der Waals surface area contributed by atoms with E-state index in [2.05, 4.69) is 10.2 Å². The van der Waals surface area contributed by atoms with E-state index >= 15 is 0 Å². The van der Waals surface area contributed by atoms with Gasteiger partial charge in [-0.25, -0.2) is 8.42 Å². The average Bonchev–Trinajstić information content (AvgIpc) is 2.80. The Labute approximate surface area is 97.3 Å². The van der Waals surface area contributed by atoms with Gasteiger partial charge in [0.1, 0.15) is 0 Å². The molecule has 0 aromatic heterocycles. The van der Waals surface area contributed by atoms with Gasteiger partial charge in [0.2, 0.25) is 0 Å². The smallest absolute Gasteiger partial charge is 0.151 e. The summed E-state index contributed by atoms with van der Waals surface area (Å²) < 4.78 is 22.9. The molecule has 0 spiro atoms. The quantitative estimate of drug-likeness (QED) is 0.697. The van der Waals surface area contributed by atoms with Gasteiger partial charge in [-0.2, -0.15) is 0 Å². The summed E-state index contributed by atoms with van der Waals surface area (Å²) in [5.41, 5.74) is 0. The maximum Gasteiger partial charge on any atom is 0.151 e. The van der Waals surface area contributed by atoms with Crippen LogP contribution in [0.4, 0.5) is 0 Å². The van der Waals surface area contributed by atoms with Gasteiger partial charge in [-0.05, 0) is 31.7 Å². The molecule has 1 unspecified atom stereocenters. The number of hydrogen-bond donors (Lipinski definition) is 1. The number of nitrogens with one attached hydrogen (secondary N) is 1. The van der Waals surface area contributed by atoms with Gasteiger partial charge in [-0.3, -0.25) is 4.90 Å². The van der Waals surface area contributed by atoms with Crippen molar-refractivity contribution in [1.29, 1.82) is 0 Å². The molecule has 3 fully saturated rings. The van der Waals surface area contributed by atoms with Crippen LogP contribution in [0.3, 0.4) is 0 Å². The molecular formula is C11H20N2O2S. The number of hydrogen-bond acceptors (Lipinski definition) is 4. The molecule has 3 saturated heterocycles. The van der Waals surface area contributed by atoms with Crippen molar-refractivity contribution < 1.29 is 8.42 Å². The van der Waals surface area contributed by atoms with Gasteiger partial charge in [-0.1, -0.05) is 0 Å². The molecule has 3 heterocycles. The minimum Gasteiger partial charge on any atom is -0.312 e. The minimum atomic E-state index is -2.73. The molecule has 3 atom stereocenters. The zero-order chi connectivity index (χ0) is 11.2. The van der Waals surface area contributed by atoms with Crippen LogP contribution in [0, 0.1) is 5.92 Å². The van der Waals surface area contributed by atoms with Gasteiger partial charge in [0.25, 0.3) is 0 Å². The van der Waals surface area contributed by atoms with E-state index in [4.69, 9.17) is 0 Å². The lowest BCUT2D eigenvalue weighted by molar-refractivity contribution is 0.251. The molecule has 3 aliphatic rings. The first kappa shape index (κ1) is 11.0. The lowest BCUT2D eigenvalue weighted by atomic mass is 9.94. The number of rotatable bonds is 1. The third-order valence-corrected chi connectivity index (χ3v) is 6.10. The molecule has 4 nitrogen and oxygen atoms in total. The van der Waals surface area contributed by atoms with Gasteiger partial charge >= 0.3 is 0 Å². The molecule has 1 N–H and O–H groups in total. The normalized spacial score (nSPS) is 43.4. The predicted octanol–water partition coefficient (Wildman–Crippen LogP) is -0.143. The average molecular weight is 244 g/mol. The Hall–Kier alpha value is -0.130. The van der Waals surface area contributed by atoms with Crippen molar-refractivity contribution in [2.45, 2.75) is 31.3 Å². The largest absolute Gasteiger partial charge is 0.312 e. The van der Waals surface area contributed by atoms with Crippen LogP contribution in [0.15, 0.2) is 0 Å². The van der Waals surface area contributed by atoms with Gasteiger partial charge < -0.3 is 5.32 Å². The fourth-order valence-corrected chi connectivity index (χ4v) is 5.20. The molecule has 16 heavy (non-hydrogen) atoms. The highest BCUT2D eigenvalue weighted by atomic mass is 32.2. The standard InChI is InChI=1S/C11H20N2O2S/c14-16(15)5-3-10(8-16)13-6-9-2-1-4-12-11(9)7-13/h9-12H,1-8H2/t9-,10?,11+/m0/s1. The maximum absolute atomic E-state index is 11.5. The SMILES string of the molecule is O=S1(=O)CCC(N2C[C@@H]3CCCN[C@@H]3C2)C1. The van der Waals surface area contributed by atoms with Gasteiger partial charge in [-0.15, -0.1) is 0 Å². The fourth-order valence-electron chi connectivity index (χ4n) is 3.44. The maximum atomic E-state index is 11.5. The van der Waals surface area contributed by atoms with Crippen molar-refractivity contribution in [2.24, 2.45) is 5.92 Å². The van der Waals surface area contributed by atoms with Crippen molar-refractivity contribution in [1.82, 2.24) is 10.2 Å². The minimum absolute atomic E-state index is 0.303. The molecule has 92 valence electrons. The summed E-state index contributed by atoms with van der Waals surface area (Å²) in [6.07, 6.45) is 3.44. The number of piperidine rings is 1. The Morgan fingerprint density at radius 3 is 2.75 bits per heavy atom. The summed E-state index contributed by atoms with van der Waals surface area (Å²) in [7, 11) is -2.73. The number of fused-ring (bicyclic) bond motifs is 1. The second-order valence-electron chi connectivity index (χ2n) is 5.47. The van der Waals surface area contributed by atoms with Crippen LogP contribution in [0.5, 0.6) is 0 Å². The van der Waals surface area contributed by atoms with Crippen molar-refractivity contribution in [3.8, 4) is 0 Å². The summed E-state index contributed by atoms with van der Waals surface area (Å²) in [5, 5.41) is 3.56. The molecule has 0 bridgehead atoms. The molecular weight excluding hydrogens is 224 g/mol. The molecule has 0 saturated carbocycles. The van der Waals surface area contributed by atoms with Crippen molar-refractivity contribution in [3.63, 3.8) is 0 Å². The van der Waals surface area contributed by atoms with Crippen LogP contribution in [0.1, 0.15) is 19.3 Å². The molecule has 0 amide bonds. The molecule has 5 heteroatoms. The zero-order valence-corrected chi connectivity index (χ0v) is 10.4. The van der Waals surface area contributed by atoms with Crippen LogP contribution in [-0.4, -0.2) is 56.5 Å². The summed E-state index contributed by atoms with van der Waals surface area (Å²) in [6.45, 7) is 3.31. The topological polar surface area (TPSA) is 49.4 Å². The molecule has 0 aromatic rings. The van der Waals surface area contributed by atoms with Gasteiger partial charge in [0.05, 0.1) is 11.5 Å². The lowest BCUT2D eigenvalue weighted by Crippen LogP contribution is -2.41. The highest BCUT2D eigenvalue weighted by molar-refractivity contribution is 7.91. The fraction of sp³-hybridized carbons (Fsp3) is 1.00. The zero-order valence-electron chi connectivity index (χ0n) is 9.56. The highest BCUT2D eigenvalue weighted by Crippen LogP contribution is 2.29. The van der Waals surface area contributed by atoms with Crippen LogP contribution in [0.25, 0.3) is 0 Å². The second kappa shape index (κ2) is 3.96. The Morgan fingerprint density at radius 2 is 2.06 bits per heavy atom. The summed E-state index contributed by atoms with van der Waals surface area (Å²) in [5.74, 6) is 1.56. The number of likely N-dealkylation sites (tertiary alicyclic amines) is 1. The monoisotopic (exact) mass is 244 g/mol. The lowest BCUT2D eigenvalue weighted by Gasteiger charge is -2.24. The van der Waals surface area contributed by atoms with E-state index in [-0.39, 0.29) is 0 Å². The number of nitrogens with zero attached hydrogens (tertiary/aromatic N) is 1. The van der Waals surface area contributed by atoms with Gasteiger partial charge in [0, 0.05) is 25.2 Å². The first-order valence-electron chi connectivity index (χ1n) is 6.32. The van der Waals surface area contributed by atoms with Crippen molar-refractivity contribution in [2.75, 3.05) is 31.1 Å². The van der Waals surface area contributed by atoms with E-state index in [1.165, 1.54) is 12.8 Å². The van der Waals surface area contributed by atoms with E-state index in [0.717, 1.165) is 32.0 Å². The third kappa shape index (κ3) is 2.00. The van der Waals surface area contributed by atoms with Crippen LogP contribution < -0.4 is 5.32 Å². The Morgan fingerprint density at radius 1 is 1.19 bits per heavy atom. The Bertz CT molecular complexity index is 354. The van der Waals surface area contributed by atoms with Crippen molar-refractivity contribution in [3.05, 3.63) is 0 Å². The van der Waals surface area contributed by atoms with Gasteiger partial charge in [0.15, 0.2) is 9.84 Å². The van der Waals surface area contributed by atoms with E-state index in [1.807, 2.05) is 0 Å². The van der Waals surface area contributed by atoms with Crippen molar-refractivity contribution >= 4 is 9.84 Å². The molecule has 0 radical (unpaired) electrons. The molecule has 3 aliphatic heterocycles. The second-order valence-corrected chi connectivity index (χ2v) is 7.70. The highest BCUT2D eigenvalue weighted by Gasteiger charge is 2.40.